The van der Waals surface area contributed by atoms with Crippen molar-refractivity contribution in [3.05, 3.63) is 90.5 Å². The van der Waals surface area contributed by atoms with Crippen LogP contribution in [0.4, 0.5) is 0 Å². The second kappa shape index (κ2) is 11.6. The molecule has 24 heavy (non-hydrogen) atoms. The van der Waals surface area contributed by atoms with Crippen LogP contribution in [-0.2, 0) is 0 Å². The highest BCUT2D eigenvalue weighted by molar-refractivity contribution is 7.79. The van der Waals surface area contributed by atoms with Gasteiger partial charge in [-0.2, -0.15) is 0 Å². The lowest BCUT2D eigenvalue weighted by atomic mass is 10.2. The van der Waals surface area contributed by atoms with Gasteiger partial charge < -0.3 is 0 Å². The number of hydrogen-bond acceptors (Lipinski definition) is 0. The van der Waals surface area contributed by atoms with Gasteiger partial charge in [-0.1, -0.05) is 113 Å². The van der Waals surface area contributed by atoms with Crippen LogP contribution in [0.2, 0.25) is 0 Å². The van der Waals surface area contributed by atoms with Crippen LogP contribution in [0.5, 0.6) is 0 Å². The van der Waals surface area contributed by atoms with E-state index in [9.17, 15) is 0 Å². The number of hydrogen-bond donors (Lipinski definition) is 0. The van der Waals surface area contributed by atoms with Gasteiger partial charge >= 0.3 is 0 Å². The van der Waals surface area contributed by atoms with Crippen LogP contribution in [0.15, 0.2) is 84.9 Å². The van der Waals surface area contributed by atoms with Gasteiger partial charge in [-0.15, -0.1) is 0 Å². The van der Waals surface area contributed by atoms with Gasteiger partial charge in [-0.25, -0.2) is 0 Å². The van der Waals surface area contributed by atoms with Crippen molar-refractivity contribution in [1.82, 2.24) is 0 Å². The van der Waals surface area contributed by atoms with Gasteiger partial charge in [0.05, 0.1) is 0 Å². The van der Waals surface area contributed by atoms with Crippen LogP contribution in [0.3, 0.4) is 0 Å². The fraction of sp³-hybridized carbons (Fsp3) is 0.217. The van der Waals surface area contributed by atoms with Crippen LogP contribution in [-0.4, -0.2) is 0 Å². The van der Waals surface area contributed by atoms with E-state index in [2.05, 4.69) is 91.9 Å². The highest BCUT2D eigenvalue weighted by atomic mass is 31.1. The van der Waals surface area contributed by atoms with Gasteiger partial charge in [0, 0.05) is 0 Å². The summed E-state index contributed by atoms with van der Waals surface area (Å²) in [6, 6.07) is 30.4. The third-order valence-corrected chi connectivity index (χ3v) is 6.00. The summed E-state index contributed by atoms with van der Waals surface area (Å²) in [5.74, 6) is 0. The van der Waals surface area contributed by atoms with Crippen molar-refractivity contribution >= 4 is 23.8 Å². The van der Waals surface area contributed by atoms with Crippen molar-refractivity contribution in [1.29, 1.82) is 0 Å². The molecule has 0 bridgehead atoms. The van der Waals surface area contributed by atoms with E-state index in [-0.39, 0.29) is 0 Å². The van der Waals surface area contributed by atoms with Gasteiger partial charge in [0.2, 0.25) is 0 Å². The fourth-order valence-electron chi connectivity index (χ4n) is 2.40. The fourth-order valence-corrected chi connectivity index (χ4v) is 4.85. The van der Waals surface area contributed by atoms with Crippen LogP contribution in [0, 0.1) is 6.92 Å². The second-order valence-electron chi connectivity index (χ2n) is 4.79. The third kappa shape index (κ3) is 5.32. The van der Waals surface area contributed by atoms with Crippen molar-refractivity contribution in [2.45, 2.75) is 34.6 Å². The van der Waals surface area contributed by atoms with E-state index in [0.29, 0.717) is 0 Å². The molecule has 3 rings (SSSR count). The summed E-state index contributed by atoms with van der Waals surface area (Å²) in [6.07, 6.45) is 0. The predicted octanol–water partition coefficient (Wildman–Crippen LogP) is 5.81. The molecule has 0 aliphatic heterocycles. The molecule has 0 radical (unpaired) electrons. The molecule has 0 spiro atoms. The summed E-state index contributed by atoms with van der Waals surface area (Å²) in [5, 5.41) is 4.26. The molecular weight excluding hydrogens is 307 g/mol. The van der Waals surface area contributed by atoms with E-state index in [1.807, 2.05) is 27.7 Å². The minimum atomic E-state index is -0.467. The summed E-state index contributed by atoms with van der Waals surface area (Å²) in [6.45, 7) is 10.2. The largest absolute Gasteiger partial charge is 0.0683 e. The molecule has 0 aliphatic rings. The summed E-state index contributed by atoms with van der Waals surface area (Å²) in [4.78, 5) is 0. The Bertz CT molecular complexity index is 635. The van der Waals surface area contributed by atoms with E-state index >= 15 is 0 Å². The molecule has 0 unspecified atom stereocenters. The summed E-state index contributed by atoms with van der Waals surface area (Å²) >= 11 is 0. The van der Waals surface area contributed by atoms with Crippen molar-refractivity contribution in [2.75, 3.05) is 0 Å². The van der Waals surface area contributed by atoms with Gasteiger partial charge in [0.1, 0.15) is 0 Å². The molecule has 0 fully saturated rings. The van der Waals surface area contributed by atoms with Gasteiger partial charge in [0.15, 0.2) is 0 Å². The number of aryl methyl sites for hydroxylation is 1. The Labute approximate surface area is 149 Å². The first-order valence-corrected chi connectivity index (χ1v) is 10.2. The van der Waals surface area contributed by atoms with E-state index < -0.39 is 7.92 Å². The molecule has 0 saturated carbocycles. The average Bonchev–Trinajstić information content (AvgIpc) is 2.69. The second-order valence-corrected chi connectivity index (χ2v) is 6.98. The first-order valence-electron chi connectivity index (χ1n) is 8.82. The lowest BCUT2D eigenvalue weighted by molar-refractivity contribution is 1.50. The molecule has 0 nitrogen and oxygen atoms in total. The van der Waals surface area contributed by atoms with E-state index in [1.165, 1.54) is 21.5 Å². The van der Waals surface area contributed by atoms with Crippen molar-refractivity contribution in [2.24, 2.45) is 0 Å². The van der Waals surface area contributed by atoms with E-state index in [0.717, 1.165) is 0 Å². The normalized spacial score (nSPS) is 9.42. The van der Waals surface area contributed by atoms with Gasteiger partial charge in [0.25, 0.3) is 0 Å². The molecule has 0 heterocycles. The minimum Gasteiger partial charge on any atom is -0.0683 e. The molecule has 0 amide bonds. The van der Waals surface area contributed by atoms with E-state index in [1.54, 1.807) is 0 Å². The SMILES string of the molecule is CC.CC.Cc1ccccc1P(c1ccccc1)c1ccccc1. The predicted molar refractivity (Wildman–Crippen MR) is 113 cm³/mol. The molecule has 3 aromatic rings. The Hall–Kier alpha value is -1.91. The van der Waals surface area contributed by atoms with Crippen molar-refractivity contribution in [3.8, 4) is 0 Å². The highest BCUT2D eigenvalue weighted by Gasteiger charge is 2.17. The average molecular weight is 336 g/mol. The Balaban J connectivity index is 0.000000671. The lowest BCUT2D eigenvalue weighted by Crippen LogP contribution is -2.22. The van der Waals surface area contributed by atoms with Crippen LogP contribution < -0.4 is 15.9 Å². The third-order valence-electron chi connectivity index (χ3n) is 3.39. The van der Waals surface area contributed by atoms with Gasteiger partial charge in [-0.3, -0.25) is 0 Å². The molecule has 0 aromatic heterocycles. The molecule has 1 heteroatoms. The molecule has 0 atom stereocenters. The zero-order chi connectivity index (χ0) is 17.8. The molecule has 126 valence electrons. The zero-order valence-corrected chi connectivity index (χ0v) is 16.4. The summed E-state index contributed by atoms with van der Waals surface area (Å²) in [5.41, 5.74) is 1.37. The maximum absolute atomic E-state index is 2.26. The van der Waals surface area contributed by atoms with Crippen molar-refractivity contribution < 1.29 is 0 Å². The minimum absolute atomic E-state index is 0.467. The van der Waals surface area contributed by atoms with E-state index in [4.69, 9.17) is 0 Å². The van der Waals surface area contributed by atoms with Crippen LogP contribution in [0.1, 0.15) is 33.3 Å². The maximum Gasteiger partial charge on any atom is -0.0122 e. The molecule has 3 aromatic carbocycles. The molecule has 0 aliphatic carbocycles. The number of rotatable bonds is 3. The smallest absolute Gasteiger partial charge is 0.0122 e. The Morgan fingerprint density at radius 3 is 1.29 bits per heavy atom. The quantitative estimate of drug-likeness (QED) is 0.530. The number of benzene rings is 3. The Morgan fingerprint density at radius 2 is 0.875 bits per heavy atom. The first-order chi connectivity index (χ1) is 11.9. The van der Waals surface area contributed by atoms with Crippen molar-refractivity contribution in [3.63, 3.8) is 0 Å². The highest BCUT2D eigenvalue weighted by Crippen LogP contribution is 2.33. The molecular formula is C23H29P. The topological polar surface area (TPSA) is 0 Å². The summed E-state index contributed by atoms with van der Waals surface area (Å²) < 4.78 is 0. The zero-order valence-electron chi connectivity index (χ0n) is 15.5. The first kappa shape index (κ1) is 20.1. The van der Waals surface area contributed by atoms with Crippen LogP contribution >= 0.6 is 7.92 Å². The monoisotopic (exact) mass is 336 g/mol. The summed E-state index contributed by atoms with van der Waals surface area (Å²) in [7, 11) is -0.467. The standard InChI is InChI=1S/C19H17P.2C2H6/c1-16-10-8-9-15-19(16)20(17-11-4-2-5-12-17)18-13-6-3-7-14-18;2*1-2/h2-15H,1H3;2*1-2H3. The van der Waals surface area contributed by atoms with Crippen LogP contribution in [0.25, 0.3) is 0 Å². The van der Waals surface area contributed by atoms with Gasteiger partial charge in [-0.05, 0) is 36.3 Å². The molecule has 0 saturated heterocycles. The molecule has 0 N–H and O–H groups in total. The Kier molecular flexibility index (Phi) is 9.73. The maximum atomic E-state index is 2.26. The Morgan fingerprint density at radius 1 is 0.500 bits per heavy atom. The lowest BCUT2D eigenvalue weighted by Gasteiger charge is -2.21.